The summed E-state index contributed by atoms with van der Waals surface area (Å²) in [5, 5.41) is 10.1. The van der Waals surface area contributed by atoms with E-state index >= 15 is 0 Å². The molecule has 0 fully saturated rings. The topological polar surface area (TPSA) is 78.9 Å². The number of H-pyrrole nitrogens is 1. The molecule has 21 heavy (non-hydrogen) atoms. The van der Waals surface area contributed by atoms with Gasteiger partial charge in [-0.3, -0.25) is 9.78 Å². The van der Waals surface area contributed by atoms with Gasteiger partial charge in [-0.1, -0.05) is 30.3 Å². The summed E-state index contributed by atoms with van der Waals surface area (Å²) in [6.45, 7) is 0. The van der Waals surface area contributed by atoms with Crippen molar-refractivity contribution in [2.24, 2.45) is 0 Å². The van der Waals surface area contributed by atoms with Gasteiger partial charge in [-0.2, -0.15) is 4.98 Å². The van der Waals surface area contributed by atoms with Gasteiger partial charge in [-0.15, -0.1) is 0 Å². The van der Waals surface area contributed by atoms with Crippen molar-refractivity contribution in [1.29, 1.82) is 0 Å². The second-order valence-corrected chi connectivity index (χ2v) is 5.29. The van der Waals surface area contributed by atoms with Crippen LogP contribution in [-0.2, 0) is 0 Å². The summed E-state index contributed by atoms with van der Waals surface area (Å²) < 4.78 is 0.759. The van der Waals surface area contributed by atoms with Crippen LogP contribution in [0.5, 0.6) is 5.88 Å². The molecule has 0 aliphatic rings. The largest absolute Gasteiger partial charge is 0.493 e. The summed E-state index contributed by atoms with van der Waals surface area (Å²) in [6.07, 6.45) is 3.18. The lowest BCUT2D eigenvalue weighted by Gasteiger charge is -2.06. The first-order valence-corrected chi connectivity index (χ1v) is 6.94. The van der Waals surface area contributed by atoms with Crippen LogP contribution in [-0.4, -0.2) is 20.1 Å². The second kappa shape index (κ2) is 5.49. The van der Waals surface area contributed by atoms with Crippen LogP contribution >= 0.6 is 15.9 Å². The molecule has 0 aliphatic heterocycles. The fourth-order valence-corrected chi connectivity index (χ4v) is 2.37. The van der Waals surface area contributed by atoms with E-state index in [-0.39, 0.29) is 17.3 Å². The maximum Gasteiger partial charge on any atom is 0.262 e. The monoisotopic (exact) mass is 343 g/mol. The lowest BCUT2D eigenvalue weighted by atomic mass is 10.1. The van der Waals surface area contributed by atoms with Crippen molar-refractivity contribution in [2.45, 2.75) is 0 Å². The van der Waals surface area contributed by atoms with E-state index in [1.165, 1.54) is 0 Å². The number of hydrogen-bond acceptors (Lipinski definition) is 4. The minimum atomic E-state index is -0.399. The van der Waals surface area contributed by atoms with Gasteiger partial charge in [0.15, 0.2) is 0 Å². The molecule has 1 aromatic carbocycles. The zero-order chi connectivity index (χ0) is 14.8. The van der Waals surface area contributed by atoms with E-state index in [0.717, 1.165) is 4.47 Å². The number of nitrogens with one attached hydrogen (secondary N) is 1. The minimum absolute atomic E-state index is 0.155. The predicted molar refractivity (Wildman–Crippen MR) is 82.9 cm³/mol. The maximum atomic E-state index is 12.2. The van der Waals surface area contributed by atoms with Crippen LogP contribution in [0.3, 0.4) is 0 Å². The molecule has 0 saturated carbocycles. The molecule has 0 amide bonds. The van der Waals surface area contributed by atoms with Crippen molar-refractivity contribution in [3.63, 3.8) is 0 Å². The molecule has 0 spiro atoms. The molecule has 0 aliphatic carbocycles. The summed E-state index contributed by atoms with van der Waals surface area (Å²) in [4.78, 5) is 23.0. The molecule has 2 heterocycles. The molecule has 0 bridgehead atoms. The number of aromatic nitrogens is 3. The standard InChI is InChI=1S/C15H10BrN3O2/c16-11-6-10(7-17-8-11)13-18-14(20)12(15(21)19-13)9-4-2-1-3-5-9/h1-8H,(H2,18,19,20,21). The van der Waals surface area contributed by atoms with Gasteiger partial charge < -0.3 is 10.1 Å². The van der Waals surface area contributed by atoms with Crippen LogP contribution in [0.4, 0.5) is 0 Å². The van der Waals surface area contributed by atoms with Crippen molar-refractivity contribution in [2.75, 3.05) is 0 Å². The van der Waals surface area contributed by atoms with E-state index in [4.69, 9.17) is 0 Å². The van der Waals surface area contributed by atoms with Crippen LogP contribution in [0.1, 0.15) is 0 Å². The number of nitrogens with zero attached hydrogens (tertiary/aromatic N) is 2. The second-order valence-electron chi connectivity index (χ2n) is 4.37. The Bertz CT molecular complexity index is 847. The number of rotatable bonds is 2. The van der Waals surface area contributed by atoms with E-state index in [9.17, 15) is 9.90 Å². The summed E-state index contributed by atoms with van der Waals surface area (Å²) >= 11 is 3.30. The van der Waals surface area contributed by atoms with Gasteiger partial charge in [0, 0.05) is 22.4 Å². The lowest BCUT2D eigenvalue weighted by Crippen LogP contribution is -2.12. The van der Waals surface area contributed by atoms with Crippen LogP contribution in [0, 0.1) is 0 Å². The van der Waals surface area contributed by atoms with Gasteiger partial charge in [0.1, 0.15) is 11.4 Å². The average molecular weight is 344 g/mol. The van der Waals surface area contributed by atoms with Crippen LogP contribution in [0.15, 0.2) is 58.1 Å². The van der Waals surface area contributed by atoms with Crippen molar-refractivity contribution < 1.29 is 5.11 Å². The molecule has 6 heteroatoms. The SMILES string of the molecule is O=c1[nH]c(-c2cncc(Br)c2)nc(O)c1-c1ccccc1. The highest BCUT2D eigenvalue weighted by Crippen LogP contribution is 2.25. The van der Waals surface area contributed by atoms with Crippen LogP contribution in [0.25, 0.3) is 22.5 Å². The Labute approximate surface area is 128 Å². The van der Waals surface area contributed by atoms with Crippen molar-refractivity contribution in [1.82, 2.24) is 15.0 Å². The van der Waals surface area contributed by atoms with E-state index in [1.807, 2.05) is 6.07 Å². The molecule has 5 nitrogen and oxygen atoms in total. The van der Waals surface area contributed by atoms with E-state index in [1.54, 1.807) is 42.7 Å². The van der Waals surface area contributed by atoms with Gasteiger partial charge in [0.2, 0.25) is 5.88 Å². The Balaban J connectivity index is 2.15. The smallest absolute Gasteiger partial charge is 0.262 e. The highest BCUT2D eigenvalue weighted by molar-refractivity contribution is 9.10. The summed E-state index contributed by atoms with van der Waals surface area (Å²) in [6, 6.07) is 10.7. The summed E-state index contributed by atoms with van der Waals surface area (Å²) in [7, 11) is 0. The molecular weight excluding hydrogens is 334 g/mol. The third-order valence-electron chi connectivity index (χ3n) is 2.94. The number of benzene rings is 1. The zero-order valence-corrected chi connectivity index (χ0v) is 12.3. The Morgan fingerprint density at radius 3 is 2.52 bits per heavy atom. The summed E-state index contributed by atoms with van der Waals surface area (Å²) in [5.74, 6) is -0.0362. The lowest BCUT2D eigenvalue weighted by molar-refractivity contribution is 0.454. The fourth-order valence-electron chi connectivity index (χ4n) is 2.00. The Hall–Kier alpha value is -2.47. The highest BCUT2D eigenvalue weighted by Gasteiger charge is 2.13. The molecule has 104 valence electrons. The van der Waals surface area contributed by atoms with Crippen molar-refractivity contribution in [3.05, 3.63) is 63.6 Å². The predicted octanol–water partition coefficient (Wildman–Crippen LogP) is 2.97. The number of aromatic amines is 1. The average Bonchev–Trinajstić information content (AvgIpc) is 2.47. The molecular formula is C15H10BrN3O2. The first-order chi connectivity index (χ1) is 10.1. The Kier molecular flexibility index (Phi) is 3.53. The fraction of sp³-hybridized carbons (Fsp3) is 0. The molecule has 2 N–H and O–H groups in total. The molecule has 0 atom stereocenters. The molecule has 0 radical (unpaired) electrons. The van der Waals surface area contributed by atoms with E-state index < -0.39 is 5.56 Å². The van der Waals surface area contributed by atoms with Gasteiger partial charge in [0.05, 0.1) is 0 Å². The first kappa shape index (κ1) is 13.5. The van der Waals surface area contributed by atoms with E-state index in [2.05, 4.69) is 30.9 Å². The van der Waals surface area contributed by atoms with E-state index in [0.29, 0.717) is 11.1 Å². The Morgan fingerprint density at radius 1 is 1.10 bits per heavy atom. The number of halogens is 1. The number of pyridine rings is 1. The van der Waals surface area contributed by atoms with Crippen LogP contribution in [0.2, 0.25) is 0 Å². The third-order valence-corrected chi connectivity index (χ3v) is 3.37. The zero-order valence-electron chi connectivity index (χ0n) is 10.7. The molecule has 0 unspecified atom stereocenters. The third kappa shape index (κ3) is 2.71. The van der Waals surface area contributed by atoms with Crippen molar-refractivity contribution >= 4 is 15.9 Å². The molecule has 2 aromatic heterocycles. The first-order valence-electron chi connectivity index (χ1n) is 6.15. The molecule has 3 aromatic rings. The molecule has 3 rings (SSSR count). The van der Waals surface area contributed by atoms with Gasteiger partial charge >= 0.3 is 0 Å². The molecule has 0 saturated heterocycles. The Morgan fingerprint density at radius 2 is 1.86 bits per heavy atom. The quantitative estimate of drug-likeness (QED) is 0.749. The normalized spacial score (nSPS) is 10.5. The minimum Gasteiger partial charge on any atom is -0.493 e. The van der Waals surface area contributed by atoms with Gasteiger partial charge in [0.25, 0.3) is 5.56 Å². The van der Waals surface area contributed by atoms with Gasteiger partial charge in [-0.25, -0.2) is 0 Å². The van der Waals surface area contributed by atoms with Gasteiger partial charge in [-0.05, 0) is 27.6 Å². The van der Waals surface area contributed by atoms with Crippen LogP contribution < -0.4 is 5.56 Å². The number of hydrogen-bond donors (Lipinski definition) is 2. The van der Waals surface area contributed by atoms with Crippen molar-refractivity contribution in [3.8, 4) is 28.4 Å². The summed E-state index contributed by atoms with van der Waals surface area (Å²) in [5.41, 5.74) is 0.977. The highest BCUT2D eigenvalue weighted by atomic mass is 79.9. The number of aromatic hydroxyl groups is 1. The maximum absolute atomic E-state index is 12.2.